The maximum Gasteiger partial charge on any atom is 0.0708 e. The Morgan fingerprint density at radius 2 is 1.85 bits per heavy atom. The average molecular weight is 268 g/mol. The maximum atomic E-state index is 4.78. The summed E-state index contributed by atoms with van der Waals surface area (Å²) in [5.41, 5.74) is 7.27. The third-order valence-electron chi connectivity index (χ3n) is 3.61. The summed E-state index contributed by atoms with van der Waals surface area (Å²) in [5.74, 6) is 0. The van der Waals surface area contributed by atoms with Crippen LogP contribution in [0.4, 0.5) is 0 Å². The van der Waals surface area contributed by atoms with Crippen LogP contribution < -0.4 is 5.32 Å². The van der Waals surface area contributed by atoms with Crippen LogP contribution in [0, 0.1) is 20.8 Å². The molecule has 0 bridgehead atoms. The van der Waals surface area contributed by atoms with Crippen molar-refractivity contribution in [2.24, 2.45) is 0 Å². The second-order valence-electron chi connectivity index (χ2n) is 5.44. The highest BCUT2D eigenvalue weighted by Crippen LogP contribution is 2.23. The number of aryl methyl sites for hydroxylation is 3. The van der Waals surface area contributed by atoms with Crippen LogP contribution in [0.5, 0.6) is 0 Å². The first-order valence-electron chi connectivity index (χ1n) is 7.36. The lowest BCUT2D eigenvalue weighted by molar-refractivity contribution is 0.671. The summed E-state index contributed by atoms with van der Waals surface area (Å²) in [4.78, 5) is 4.78. The monoisotopic (exact) mass is 268 g/mol. The molecule has 0 atom stereocenters. The van der Waals surface area contributed by atoms with Crippen LogP contribution in [0.15, 0.2) is 30.3 Å². The molecule has 0 unspecified atom stereocenters. The fraction of sp³-hybridized carbons (Fsp3) is 0.389. The standard InChI is InChI=1S/C18H24N2/c1-5-10-19-12-16-8-9-18(20-15(16)4)17-11-13(2)6-7-14(17)3/h6-9,11,19H,5,10,12H2,1-4H3. The first kappa shape index (κ1) is 14.7. The van der Waals surface area contributed by atoms with E-state index in [2.05, 4.69) is 63.3 Å². The number of hydrogen-bond acceptors (Lipinski definition) is 2. The lowest BCUT2D eigenvalue weighted by Crippen LogP contribution is -2.15. The molecule has 1 N–H and O–H groups in total. The van der Waals surface area contributed by atoms with Crippen LogP contribution in [0.3, 0.4) is 0 Å². The molecular formula is C18H24N2. The van der Waals surface area contributed by atoms with Crippen LogP contribution in [-0.2, 0) is 6.54 Å². The Morgan fingerprint density at radius 1 is 1.05 bits per heavy atom. The Balaban J connectivity index is 2.26. The van der Waals surface area contributed by atoms with Gasteiger partial charge in [0.25, 0.3) is 0 Å². The van der Waals surface area contributed by atoms with Crippen molar-refractivity contribution < 1.29 is 0 Å². The molecule has 2 rings (SSSR count). The minimum atomic E-state index is 0.903. The zero-order valence-electron chi connectivity index (χ0n) is 13.0. The highest BCUT2D eigenvalue weighted by molar-refractivity contribution is 5.64. The predicted molar refractivity (Wildman–Crippen MR) is 85.9 cm³/mol. The molecule has 0 aliphatic rings. The summed E-state index contributed by atoms with van der Waals surface area (Å²) in [6.45, 7) is 10.5. The van der Waals surface area contributed by atoms with Crippen molar-refractivity contribution in [1.82, 2.24) is 10.3 Å². The molecule has 0 fully saturated rings. The molecule has 2 aromatic rings. The van der Waals surface area contributed by atoms with Gasteiger partial charge in [0.2, 0.25) is 0 Å². The molecule has 0 amide bonds. The van der Waals surface area contributed by atoms with Gasteiger partial charge in [0.15, 0.2) is 0 Å². The van der Waals surface area contributed by atoms with Crippen molar-refractivity contribution in [3.05, 3.63) is 52.7 Å². The Hall–Kier alpha value is -1.67. The molecule has 1 heterocycles. The third kappa shape index (κ3) is 3.45. The first-order chi connectivity index (χ1) is 9.61. The zero-order valence-corrected chi connectivity index (χ0v) is 13.0. The Labute approximate surface area is 122 Å². The summed E-state index contributed by atoms with van der Waals surface area (Å²) in [7, 11) is 0. The van der Waals surface area contributed by atoms with Gasteiger partial charge in [0, 0.05) is 17.8 Å². The highest BCUT2D eigenvalue weighted by Gasteiger charge is 2.06. The lowest BCUT2D eigenvalue weighted by Gasteiger charge is -2.11. The molecule has 20 heavy (non-hydrogen) atoms. The molecule has 1 aromatic carbocycles. The fourth-order valence-electron chi connectivity index (χ4n) is 2.34. The Bertz CT molecular complexity index is 588. The number of rotatable bonds is 5. The van der Waals surface area contributed by atoms with E-state index in [0.717, 1.165) is 30.9 Å². The van der Waals surface area contributed by atoms with Crippen LogP contribution in [0.2, 0.25) is 0 Å². The Morgan fingerprint density at radius 3 is 2.55 bits per heavy atom. The number of benzene rings is 1. The van der Waals surface area contributed by atoms with Crippen LogP contribution >= 0.6 is 0 Å². The van der Waals surface area contributed by atoms with E-state index in [1.807, 2.05) is 0 Å². The number of pyridine rings is 1. The molecule has 0 radical (unpaired) electrons. The van der Waals surface area contributed by atoms with E-state index < -0.39 is 0 Å². The molecule has 106 valence electrons. The van der Waals surface area contributed by atoms with E-state index in [9.17, 15) is 0 Å². The predicted octanol–water partition coefficient (Wildman–Crippen LogP) is 4.17. The molecule has 0 saturated carbocycles. The van der Waals surface area contributed by atoms with Gasteiger partial charge in [0.05, 0.1) is 5.69 Å². The molecule has 0 aliphatic heterocycles. The van der Waals surface area contributed by atoms with Crippen molar-refractivity contribution in [3.8, 4) is 11.3 Å². The van der Waals surface area contributed by atoms with E-state index in [1.165, 1.54) is 22.3 Å². The van der Waals surface area contributed by atoms with Crippen molar-refractivity contribution in [2.45, 2.75) is 40.7 Å². The SMILES string of the molecule is CCCNCc1ccc(-c2cc(C)ccc2C)nc1C. The second-order valence-corrected chi connectivity index (χ2v) is 5.44. The maximum absolute atomic E-state index is 4.78. The fourth-order valence-corrected chi connectivity index (χ4v) is 2.34. The average Bonchev–Trinajstić information content (AvgIpc) is 2.43. The molecule has 2 nitrogen and oxygen atoms in total. The highest BCUT2D eigenvalue weighted by atomic mass is 14.9. The van der Waals surface area contributed by atoms with Gasteiger partial charge >= 0.3 is 0 Å². The smallest absolute Gasteiger partial charge is 0.0708 e. The van der Waals surface area contributed by atoms with Gasteiger partial charge in [-0.15, -0.1) is 0 Å². The van der Waals surface area contributed by atoms with Crippen LogP contribution in [0.25, 0.3) is 11.3 Å². The van der Waals surface area contributed by atoms with Crippen molar-refractivity contribution in [2.75, 3.05) is 6.54 Å². The molecule has 0 aliphatic carbocycles. The first-order valence-corrected chi connectivity index (χ1v) is 7.36. The van der Waals surface area contributed by atoms with E-state index in [0.29, 0.717) is 0 Å². The van der Waals surface area contributed by atoms with Crippen LogP contribution in [0.1, 0.15) is 35.7 Å². The van der Waals surface area contributed by atoms with E-state index in [-0.39, 0.29) is 0 Å². The van der Waals surface area contributed by atoms with Crippen molar-refractivity contribution in [1.29, 1.82) is 0 Å². The normalized spacial score (nSPS) is 10.8. The minimum Gasteiger partial charge on any atom is -0.313 e. The van der Waals surface area contributed by atoms with E-state index in [4.69, 9.17) is 4.98 Å². The van der Waals surface area contributed by atoms with Gasteiger partial charge in [-0.3, -0.25) is 4.98 Å². The summed E-state index contributed by atoms with van der Waals surface area (Å²) < 4.78 is 0. The Kier molecular flexibility index (Phi) is 4.91. The molecule has 0 spiro atoms. The summed E-state index contributed by atoms with van der Waals surface area (Å²) in [5, 5.41) is 3.43. The lowest BCUT2D eigenvalue weighted by atomic mass is 10.0. The van der Waals surface area contributed by atoms with E-state index >= 15 is 0 Å². The van der Waals surface area contributed by atoms with E-state index in [1.54, 1.807) is 0 Å². The molecule has 0 saturated heterocycles. The van der Waals surface area contributed by atoms with Crippen LogP contribution in [-0.4, -0.2) is 11.5 Å². The minimum absolute atomic E-state index is 0.903. The van der Waals surface area contributed by atoms with Gasteiger partial charge < -0.3 is 5.32 Å². The van der Waals surface area contributed by atoms with Gasteiger partial charge in [0.1, 0.15) is 0 Å². The number of hydrogen-bond donors (Lipinski definition) is 1. The summed E-state index contributed by atoms with van der Waals surface area (Å²) in [6, 6.07) is 10.9. The number of aromatic nitrogens is 1. The second kappa shape index (κ2) is 6.67. The molecular weight excluding hydrogens is 244 g/mol. The molecule has 1 aromatic heterocycles. The van der Waals surface area contributed by atoms with Gasteiger partial charge in [-0.25, -0.2) is 0 Å². The molecule has 2 heteroatoms. The topological polar surface area (TPSA) is 24.9 Å². The van der Waals surface area contributed by atoms with Gasteiger partial charge in [-0.05, 0) is 57.0 Å². The number of nitrogens with one attached hydrogen (secondary N) is 1. The summed E-state index contributed by atoms with van der Waals surface area (Å²) in [6.07, 6.45) is 1.16. The largest absolute Gasteiger partial charge is 0.313 e. The quantitative estimate of drug-likeness (QED) is 0.823. The number of nitrogens with zero attached hydrogens (tertiary/aromatic N) is 1. The van der Waals surface area contributed by atoms with Gasteiger partial charge in [-0.1, -0.05) is 30.7 Å². The third-order valence-corrected chi connectivity index (χ3v) is 3.61. The zero-order chi connectivity index (χ0) is 14.5. The van der Waals surface area contributed by atoms with Crippen molar-refractivity contribution >= 4 is 0 Å². The van der Waals surface area contributed by atoms with Crippen molar-refractivity contribution in [3.63, 3.8) is 0 Å². The summed E-state index contributed by atoms with van der Waals surface area (Å²) >= 11 is 0. The van der Waals surface area contributed by atoms with Gasteiger partial charge in [-0.2, -0.15) is 0 Å².